The molecule has 0 radical (unpaired) electrons. The van der Waals surface area contributed by atoms with Crippen LogP contribution < -0.4 is 11.3 Å². The van der Waals surface area contributed by atoms with Crippen LogP contribution in [-0.4, -0.2) is 24.5 Å². The fraction of sp³-hybridized carbons (Fsp3) is 0.625. The Kier molecular flexibility index (Phi) is 5.92. The minimum absolute atomic E-state index is 0.0163. The highest BCUT2D eigenvalue weighted by Gasteiger charge is 2.41. The molecule has 1 unspecified atom stereocenters. The van der Waals surface area contributed by atoms with Crippen LogP contribution >= 0.6 is 23.2 Å². The van der Waals surface area contributed by atoms with Gasteiger partial charge in [0.15, 0.2) is 0 Å². The number of rotatable bonds is 4. The maximum atomic E-state index is 6.20. The minimum Gasteiger partial charge on any atom is -0.302 e. The average Bonchev–Trinajstić information content (AvgIpc) is 2.70. The zero-order valence-corrected chi connectivity index (χ0v) is 14.3. The van der Waals surface area contributed by atoms with Crippen molar-refractivity contribution >= 4 is 23.2 Å². The lowest BCUT2D eigenvalue weighted by Gasteiger charge is -2.46. The highest BCUT2D eigenvalue weighted by atomic mass is 35.5. The van der Waals surface area contributed by atoms with Crippen molar-refractivity contribution in [2.75, 3.05) is 14.1 Å². The predicted molar refractivity (Wildman–Crippen MR) is 90.6 cm³/mol. The maximum Gasteiger partial charge on any atom is 0.0644 e. The van der Waals surface area contributed by atoms with Crippen molar-refractivity contribution < 1.29 is 0 Å². The quantitative estimate of drug-likeness (QED) is 0.495. The second-order valence-electron chi connectivity index (χ2n) is 6.19. The first-order valence-corrected chi connectivity index (χ1v) is 8.35. The minimum atomic E-state index is 0.0163. The van der Waals surface area contributed by atoms with Crippen LogP contribution in [0.15, 0.2) is 18.2 Å². The summed E-state index contributed by atoms with van der Waals surface area (Å²) in [7, 11) is 4.29. The third-order valence-electron chi connectivity index (χ3n) is 4.84. The van der Waals surface area contributed by atoms with Gasteiger partial charge in [0.05, 0.1) is 16.1 Å². The molecule has 0 amide bonds. The molecule has 1 aliphatic rings. The fourth-order valence-corrected chi connectivity index (χ4v) is 3.89. The van der Waals surface area contributed by atoms with Crippen LogP contribution in [0.1, 0.15) is 50.1 Å². The molecule has 1 aliphatic carbocycles. The van der Waals surface area contributed by atoms with E-state index >= 15 is 0 Å². The molecule has 0 aliphatic heterocycles. The molecule has 0 aromatic heterocycles. The molecule has 0 heterocycles. The van der Waals surface area contributed by atoms with Gasteiger partial charge in [-0.2, -0.15) is 0 Å². The summed E-state index contributed by atoms with van der Waals surface area (Å²) in [6.45, 7) is 0. The van der Waals surface area contributed by atoms with E-state index in [1.807, 2.05) is 18.2 Å². The van der Waals surface area contributed by atoms with Gasteiger partial charge < -0.3 is 4.90 Å². The molecule has 0 spiro atoms. The molecule has 1 atom stereocenters. The highest BCUT2D eigenvalue weighted by Crippen LogP contribution is 2.41. The van der Waals surface area contributed by atoms with E-state index < -0.39 is 0 Å². The van der Waals surface area contributed by atoms with E-state index in [9.17, 15) is 0 Å². The molecule has 3 N–H and O–H groups in total. The van der Waals surface area contributed by atoms with Gasteiger partial charge in [0.1, 0.15) is 0 Å². The van der Waals surface area contributed by atoms with Gasteiger partial charge in [-0.25, -0.2) is 0 Å². The van der Waals surface area contributed by atoms with Gasteiger partial charge in [-0.1, -0.05) is 55.0 Å². The molecule has 21 heavy (non-hydrogen) atoms. The number of likely N-dealkylation sites (N-methyl/N-ethyl adjacent to an activating group) is 1. The predicted octanol–water partition coefficient (Wildman–Crippen LogP) is 4.15. The van der Waals surface area contributed by atoms with Crippen molar-refractivity contribution in [2.24, 2.45) is 5.84 Å². The molecule has 1 fully saturated rings. The first kappa shape index (κ1) is 17.0. The largest absolute Gasteiger partial charge is 0.302 e. The van der Waals surface area contributed by atoms with Crippen LogP contribution in [0, 0.1) is 0 Å². The summed E-state index contributed by atoms with van der Waals surface area (Å²) in [6.07, 6.45) is 7.34. The Bertz CT molecular complexity index is 469. The second-order valence-corrected chi connectivity index (χ2v) is 7.00. The Labute approximate surface area is 137 Å². The van der Waals surface area contributed by atoms with Crippen LogP contribution in [0.5, 0.6) is 0 Å². The second kappa shape index (κ2) is 7.30. The van der Waals surface area contributed by atoms with Gasteiger partial charge in [-0.15, -0.1) is 0 Å². The van der Waals surface area contributed by atoms with Crippen LogP contribution in [0.4, 0.5) is 0 Å². The van der Waals surface area contributed by atoms with Crippen LogP contribution in [-0.2, 0) is 0 Å². The van der Waals surface area contributed by atoms with E-state index in [4.69, 9.17) is 29.0 Å². The van der Waals surface area contributed by atoms with E-state index in [0.717, 1.165) is 18.4 Å². The molecule has 118 valence electrons. The summed E-state index contributed by atoms with van der Waals surface area (Å²) in [5.41, 5.74) is 4.16. The van der Waals surface area contributed by atoms with E-state index in [2.05, 4.69) is 24.4 Å². The molecule has 1 aromatic rings. The molecule has 0 saturated heterocycles. The first-order valence-electron chi connectivity index (χ1n) is 7.60. The molecule has 2 rings (SSSR count). The zero-order chi connectivity index (χ0) is 15.5. The smallest absolute Gasteiger partial charge is 0.0644 e. The summed E-state index contributed by atoms with van der Waals surface area (Å²) >= 11 is 12.2. The van der Waals surface area contributed by atoms with Gasteiger partial charge in [0.25, 0.3) is 0 Å². The summed E-state index contributed by atoms with van der Waals surface area (Å²) < 4.78 is 0. The third-order valence-corrected chi connectivity index (χ3v) is 5.58. The Morgan fingerprint density at radius 3 is 2.19 bits per heavy atom. The lowest BCUT2D eigenvalue weighted by Crippen LogP contribution is -2.55. The number of nitrogens with two attached hydrogens (primary N) is 1. The van der Waals surface area contributed by atoms with Gasteiger partial charge in [0.2, 0.25) is 0 Å². The monoisotopic (exact) mass is 329 g/mol. The third kappa shape index (κ3) is 3.54. The average molecular weight is 330 g/mol. The van der Waals surface area contributed by atoms with Gasteiger partial charge in [-0.05, 0) is 44.6 Å². The standard InChI is InChI=1S/C16H25Cl2N3/c1-21(2)16(9-5-3-4-6-10-16)15(20-19)12-7-8-13(17)14(18)11-12/h7-8,11,15,20H,3-6,9-10,19H2,1-2H3. The first-order chi connectivity index (χ1) is 10.0. The van der Waals surface area contributed by atoms with Crippen molar-refractivity contribution in [3.8, 4) is 0 Å². The number of halogens is 2. The van der Waals surface area contributed by atoms with Crippen molar-refractivity contribution in [1.82, 2.24) is 10.3 Å². The lowest BCUT2D eigenvalue weighted by molar-refractivity contribution is 0.0800. The molecule has 0 bridgehead atoms. The molecule has 1 saturated carbocycles. The number of nitrogens with one attached hydrogen (secondary N) is 1. The molecular weight excluding hydrogens is 305 g/mol. The highest BCUT2D eigenvalue weighted by molar-refractivity contribution is 6.42. The van der Waals surface area contributed by atoms with Gasteiger partial charge >= 0.3 is 0 Å². The maximum absolute atomic E-state index is 6.20. The normalized spacial score (nSPS) is 20.3. The van der Waals surface area contributed by atoms with E-state index in [-0.39, 0.29) is 11.6 Å². The van der Waals surface area contributed by atoms with Gasteiger partial charge in [0, 0.05) is 5.54 Å². The van der Waals surface area contributed by atoms with Gasteiger partial charge in [-0.3, -0.25) is 11.3 Å². The molecule has 3 nitrogen and oxygen atoms in total. The topological polar surface area (TPSA) is 41.3 Å². The number of benzene rings is 1. The molecule has 1 aromatic carbocycles. The van der Waals surface area contributed by atoms with Crippen molar-refractivity contribution in [3.63, 3.8) is 0 Å². The number of hydrazine groups is 1. The van der Waals surface area contributed by atoms with Crippen molar-refractivity contribution in [2.45, 2.75) is 50.1 Å². The Balaban J connectivity index is 2.41. The number of hydrogen-bond donors (Lipinski definition) is 2. The van der Waals surface area contributed by atoms with E-state index in [0.29, 0.717) is 10.0 Å². The van der Waals surface area contributed by atoms with E-state index in [1.165, 1.54) is 25.7 Å². The van der Waals surface area contributed by atoms with Crippen LogP contribution in [0.2, 0.25) is 10.0 Å². The Hall–Kier alpha value is -0.320. The summed E-state index contributed by atoms with van der Waals surface area (Å²) in [5.74, 6) is 5.95. The lowest BCUT2D eigenvalue weighted by atomic mass is 9.78. The fourth-order valence-electron chi connectivity index (χ4n) is 3.59. The number of hydrogen-bond acceptors (Lipinski definition) is 3. The molecule has 5 heteroatoms. The molecular formula is C16H25Cl2N3. The van der Waals surface area contributed by atoms with Crippen molar-refractivity contribution in [3.05, 3.63) is 33.8 Å². The van der Waals surface area contributed by atoms with Crippen molar-refractivity contribution in [1.29, 1.82) is 0 Å². The zero-order valence-electron chi connectivity index (χ0n) is 12.8. The van der Waals surface area contributed by atoms with Crippen LogP contribution in [0.3, 0.4) is 0 Å². The Morgan fingerprint density at radius 1 is 1.10 bits per heavy atom. The van der Waals surface area contributed by atoms with E-state index in [1.54, 1.807) is 0 Å². The van der Waals surface area contributed by atoms with Crippen LogP contribution in [0.25, 0.3) is 0 Å². The SMILES string of the molecule is CN(C)C1(C(NN)c2ccc(Cl)c(Cl)c2)CCCCCC1. The summed E-state index contributed by atoms with van der Waals surface area (Å²) in [5, 5.41) is 1.16. The summed E-state index contributed by atoms with van der Waals surface area (Å²) in [4.78, 5) is 2.32. The Morgan fingerprint density at radius 2 is 1.71 bits per heavy atom. The number of nitrogens with zero attached hydrogens (tertiary/aromatic N) is 1. The summed E-state index contributed by atoms with van der Waals surface area (Å²) in [6, 6.07) is 5.85.